The van der Waals surface area contributed by atoms with Crippen LogP contribution in [0.2, 0.25) is 0 Å². The summed E-state index contributed by atoms with van der Waals surface area (Å²) in [5, 5.41) is 23.2. The van der Waals surface area contributed by atoms with Crippen molar-refractivity contribution in [1.82, 2.24) is 0 Å². The molecule has 2 rings (SSSR count). The molecular weight excluding hydrogens is 258 g/mol. The van der Waals surface area contributed by atoms with Crippen molar-refractivity contribution in [1.29, 1.82) is 0 Å². The van der Waals surface area contributed by atoms with Crippen LogP contribution in [-0.2, 0) is 0 Å². The summed E-state index contributed by atoms with van der Waals surface area (Å²) in [5.74, 6) is -2.10. The molecule has 1 aromatic carbocycles. The SMILES string of the molecule is CC1(C)C(O)CC1Nc1cc(F)cc(F)c1[N+](=O)[O-]. The first-order valence-electron chi connectivity index (χ1n) is 5.81. The second-order valence-corrected chi connectivity index (χ2v) is 5.31. The molecule has 5 nitrogen and oxygen atoms in total. The van der Waals surface area contributed by atoms with Gasteiger partial charge >= 0.3 is 5.69 Å². The van der Waals surface area contributed by atoms with E-state index in [0.29, 0.717) is 12.5 Å². The smallest absolute Gasteiger partial charge is 0.327 e. The lowest BCUT2D eigenvalue weighted by Gasteiger charge is -2.49. The number of aliphatic hydroxyl groups excluding tert-OH is 1. The van der Waals surface area contributed by atoms with Crippen LogP contribution in [0.25, 0.3) is 0 Å². The quantitative estimate of drug-likeness (QED) is 0.654. The molecule has 0 radical (unpaired) electrons. The fourth-order valence-corrected chi connectivity index (χ4v) is 2.20. The van der Waals surface area contributed by atoms with Crippen LogP contribution in [0.1, 0.15) is 20.3 Å². The zero-order chi connectivity index (χ0) is 14.4. The number of rotatable bonds is 3. The van der Waals surface area contributed by atoms with Gasteiger partial charge < -0.3 is 10.4 Å². The van der Waals surface area contributed by atoms with E-state index in [9.17, 15) is 24.0 Å². The fourth-order valence-electron chi connectivity index (χ4n) is 2.20. The highest BCUT2D eigenvalue weighted by Gasteiger charge is 2.48. The first-order valence-corrected chi connectivity index (χ1v) is 5.81. The van der Waals surface area contributed by atoms with Crippen LogP contribution >= 0.6 is 0 Å². The van der Waals surface area contributed by atoms with E-state index in [1.165, 1.54) is 0 Å². The Hall–Kier alpha value is -1.76. The lowest BCUT2D eigenvalue weighted by atomic mass is 9.64. The molecule has 1 aliphatic carbocycles. The molecule has 0 bridgehead atoms. The van der Waals surface area contributed by atoms with Crippen LogP contribution in [0.5, 0.6) is 0 Å². The molecule has 0 aromatic heterocycles. The Morgan fingerprint density at radius 1 is 1.47 bits per heavy atom. The zero-order valence-electron chi connectivity index (χ0n) is 10.5. The molecule has 7 heteroatoms. The van der Waals surface area contributed by atoms with Gasteiger partial charge in [0.15, 0.2) is 0 Å². The maximum atomic E-state index is 13.4. The van der Waals surface area contributed by atoms with Crippen molar-refractivity contribution >= 4 is 11.4 Å². The summed E-state index contributed by atoms with van der Waals surface area (Å²) >= 11 is 0. The summed E-state index contributed by atoms with van der Waals surface area (Å²) in [4.78, 5) is 9.93. The molecule has 0 spiro atoms. The molecule has 2 atom stereocenters. The van der Waals surface area contributed by atoms with Crippen LogP contribution in [0.4, 0.5) is 20.2 Å². The van der Waals surface area contributed by atoms with Gasteiger partial charge in [0.25, 0.3) is 0 Å². The van der Waals surface area contributed by atoms with E-state index in [-0.39, 0.29) is 11.7 Å². The zero-order valence-corrected chi connectivity index (χ0v) is 10.5. The minimum atomic E-state index is -1.22. The fraction of sp³-hybridized carbons (Fsp3) is 0.500. The summed E-state index contributed by atoms with van der Waals surface area (Å²) in [6.45, 7) is 3.56. The molecular formula is C12H14F2N2O3. The van der Waals surface area contributed by atoms with Crippen molar-refractivity contribution in [2.45, 2.75) is 32.4 Å². The second-order valence-electron chi connectivity index (χ2n) is 5.31. The van der Waals surface area contributed by atoms with E-state index in [1.807, 2.05) is 0 Å². The number of nitro groups is 1. The van der Waals surface area contributed by atoms with E-state index in [4.69, 9.17) is 0 Å². The van der Waals surface area contributed by atoms with Gasteiger partial charge in [-0.15, -0.1) is 0 Å². The maximum absolute atomic E-state index is 13.4. The van der Waals surface area contributed by atoms with E-state index < -0.39 is 33.8 Å². The van der Waals surface area contributed by atoms with Gasteiger partial charge in [-0.05, 0) is 6.42 Å². The third kappa shape index (κ3) is 2.25. The standard InChI is InChI=1S/C12H14F2N2O3/c1-12(2)9(5-10(12)17)15-8-4-6(13)3-7(14)11(8)16(18)19/h3-4,9-10,15,17H,5H2,1-2H3. The molecule has 2 N–H and O–H groups in total. The van der Waals surface area contributed by atoms with Gasteiger partial charge in [0.2, 0.25) is 5.82 Å². The molecule has 19 heavy (non-hydrogen) atoms. The number of hydrogen-bond donors (Lipinski definition) is 2. The Labute approximate surface area is 108 Å². The Balaban J connectivity index is 2.33. The van der Waals surface area contributed by atoms with Crippen molar-refractivity contribution in [3.05, 3.63) is 33.9 Å². The number of anilines is 1. The second kappa shape index (κ2) is 4.41. The number of aliphatic hydroxyl groups is 1. The largest absolute Gasteiger partial charge is 0.392 e. The van der Waals surface area contributed by atoms with Gasteiger partial charge in [-0.1, -0.05) is 13.8 Å². The van der Waals surface area contributed by atoms with Crippen molar-refractivity contribution in [2.75, 3.05) is 5.32 Å². The number of hydrogen-bond acceptors (Lipinski definition) is 4. The number of halogens is 2. The summed E-state index contributed by atoms with van der Waals surface area (Å²) in [5.41, 5.74) is -1.48. The highest BCUT2D eigenvalue weighted by Crippen LogP contribution is 2.43. The minimum Gasteiger partial charge on any atom is -0.392 e. The predicted molar refractivity (Wildman–Crippen MR) is 64.8 cm³/mol. The number of nitrogens with zero attached hydrogens (tertiary/aromatic N) is 1. The number of nitro benzene ring substituents is 1. The Kier molecular flexibility index (Phi) is 3.17. The van der Waals surface area contributed by atoms with Gasteiger partial charge in [0, 0.05) is 23.6 Å². The molecule has 0 heterocycles. The van der Waals surface area contributed by atoms with Crippen molar-refractivity contribution in [3.63, 3.8) is 0 Å². The predicted octanol–water partition coefficient (Wildman–Crippen LogP) is 2.44. The van der Waals surface area contributed by atoms with Crippen molar-refractivity contribution in [2.24, 2.45) is 5.41 Å². The van der Waals surface area contributed by atoms with Gasteiger partial charge in [-0.3, -0.25) is 10.1 Å². The van der Waals surface area contributed by atoms with Crippen LogP contribution in [-0.4, -0.2) is 22.2 Å². The molecule has 0 amide bonds. The monoisotopic (exact) mass is 272 g/mol. The number of benzene rings is 1. The third-order valence-corrected chi connectivity index (χ3v) is 3.76. The topological polar surface area (TPSA) is 75.4 Å². The molecule has 1 saturated carbocycles. The Bertz CT molecular complexity index is 534. The maximum Gasteiger partial charge on any atom is 0.327 e. The van der Waals surface area contributed by atoms with Crippen LogP contribution in [0.15, 0.2) is 12.1 Å². The normalized spacial score (nSPS) is 24.7. The van der Waals surface area contributed by atoms with E-state index in [2.05, 4.69) is 5.32 Å². The molecule has 1 fully saturated rings. The molecule has 2 unspecified atom stereocenters. The highest BCUT2D eigenvalue weighted by molar-refractivity contribution is 5.63. The lowest BCUT2D eigenvalue weighted by molar-refractivity contribution is -0.386. The van der Waals surface area contributed by atoms with E-state index in [0.717, 1.165) is 6.07 Å². The summed E-state index contributed by atoms with van der Waals surface area (Å²) in [7, 11) is 0. The van der Waals surface area contributed by atoms with Crippen LogP contribution < -0.4 is 5.32 Å². The molecule has 0 aliphatic heterocycles. The number of nitrogens with one attached hydrogen (secondary N) is 1. The summed E-state index contributed by atoms with van der Waals surface area (Å²) < 4.78 is 26.6. The summed E-state index contributed by atoms with van der Waals surface area (Å²) in [6, 6.07) is 1.09. The van der Waals surface area contributed by atoms with E-state index >= 15 is 0 Å². The average Bonchev–Trinajstić information content (AvgIpc) is 2.27. The lowest BCUT2D eigenvalue weighted by Crippen LogP contribution is -2.56. The molecule has 0 saturated heterocycles. The first-order chi connectivity index (χ1) is 8.73. The van der Waals surface area contributed by atoms with Gasteiger partial charge in [-0.2, -0.15) is 4.39 Å². The Morgan fingerprint density at radius 3 is 2.58 bits per heavy atom. The molecule has 1 aliphatic rings. The van der Waals surface area contributed by atoms with Gasteiger partial charge in [0.1, 0.15) is 11.5 Å². The van der Waals surface area contributed by atoms with Gasteiger partial charge in [-0.25, -0.2) is 4.39 Å². The minimum absolute atomic E-state index is 0.201. The molecule has 1 aromatic rings. The highest BCUT2D eigenvalue weighted by atomic mass is 19.1. The van der Waals surface area contributed by atoms with Crippen molar-refractivity contribution < 1.29 is 18.8 Å². The van der Waals surface area contributed by atoms with Gasteiger partial charge in [0.05, 0.1) is 11.0 Å². The van der Waals surface area contributed by atoms with Crippen molar-refractivity contribution in [3.8, 4) is 0 Å². The third-order valence-electron chi connectivity index (χ3n) is 3.76. The van der Waals surface area contributed by atoms with Crippen LogP contribution in [0, 0.1) is 27.2 Å². The molecule has 104 valence electrons. The average molecular weight is 272 g/mol. The van der Waals surface area contributed by atoms with E-state index in [1.54, 1.807) is 13.8 Å². The first kappa shape index (κ1) is 13.7. The Morgan fingerprint density at radius 2 is 2.11 bits per heavy atom. The van der Waals surface area contributed by atoms with Crippen LogP contribution in [0.3, 0.4) is 0 Å². The summed E-state index contributed by atoms with van der Waals surface area (Å²) in [6.07, 6.45) is -0.162.